The molecule has 2 atom stereocenters. The summed E-state index contributed by atoms with van der Waals surface area (Å²) in [6.45, 7) is 5.70. The van der Waals surface area contributed by atoms with Gasteiger partial charge in [-0.05, 0) is 65.1 Å². The number of fused-ring (bicyclic) bond motifs is 4. The summed E-state index contributed by atoms with van der Waals surface area (Å²) in [6, 6.07) is 18.1. The SMILES string of the molecule is C#CCn1c(=O)n(C(=O)NCc2ccc(NC(=O)C(CCCNC(N)=O)NC(=O)C(C(C)C)N(CC3c4ccccc4-c4ccccc43)C(=O)O)cc2)c2c(N)nc(OCCCC)nc21. The number of carbonyl (C=O) groups excluding carboxylic acids is 4. The number of benzene rings is 3. The fourth-order valence-corrected chi connectivity index (χ4v) is 7.95. The fraction of sp³-hybridized carbons (Fsp3) is 0.348. The van der Waals surface area contributed by atoms with Gasteiger partial charge in [-0.25, -0.2) is 23.7 Å². The number of carboxylic acid groups (broad SMARTS) is 1. The van der Waals surface area contributed by atoms with Gasteiger partial charge in [-0.15, -0.1) is 6.42 Å². The molecule has 6 rings (SSSR count). The number of ether oxygens (including phenoxy) is 1. The average Bonchev–Trinajstić information content (AvgIpc) is 3.74. The first-order valence-corrected chi connectivity index (χ1v) is 21.3. The molecular formula is C46H53N11O8. The second-order valence-electron chi connectivity index (χ2n) is 15.9. The molecule has 0 saturated heterocycles. The van der Waals surface area contributed by atoms with Crippen molar-refractivity contribution >= 4 is 52.6 Å². The standard InChI is InChI=1S/C46H53N11O8/c1-5-7-24-65-43-53-38(47)37-39(54-43)55(23-6-2)45(62)57(37)44(61)50-25-28-18-20-29(21-19-28)51-40(58)35(17-12-22-49-42(48)60)52-41(59)36(27(3)4)56(46(63)64)26-34-32-15-10-8-13-30(32)31-14-9-11-16-33(31)34/h2,8-11,13-16,18-21,27,34-36H,5,7,12,17,22-26H2,1,3-4H3,(H,50,61)(H,51,58)(H,52,59)(H,63,64)(H2,47,53,54)(H3,48,49,60). The van der Waals surface area contributed by atoms with Crippen LogP contribution in [-0.2, 0) is 22.7 Å². The molecule has 2 aromatic heterocycles. The highest BCUT2D eigenvalue weighted by atomic mass is 16.5. The molecule has 0 radical (unpaired) electrons. The van der Waals surface area contributed by atoms with Crippen LogP contribution in [0.3, 0.4) is 0 Å². The molecular weight excluding hydrogens is 835 g/mol. The van der Waals surface area contributed by atoms with Crippen LogP contribution in [-0.4, -0.2) is 90.9 Å². The van der Waals surface area contributed by atoms with E-state index >= 15 is 0 Å². The highest BCUT2D eigenvalue weighted by molar-refractivity contribution is 5.98. The third-order valence-electron chi connectivity index (χ3n) is 11.0. The molecule has 2 unspecified atom stereocenters. The summed E-state index contributed by atoms with van der Waals surface area (Å²) < 4.78 is 7.52. The van der Waals surface area contributed by atoms with Crippen LogP contribution < -0.4 is 43.2 Å². The predicted molar refractivity (Wildman–Crippen MR) is 244 cm³/mol. The first-order chi connectivity index (χ1) is 31.2. The zero-order valence-electron chi connectivity index (χ0n) is 36.4. The van der Waals surface area contributed by atoms with Crippen LogP contribution in [0.5, 0.6) is 6.01 Å². The average molecular weight is 888 g/mol. The number of nitrogens with zero attached hydrogens (tertiary/aromatic N) is 5. The summed E-state index contributed by atoms with van der Waals surface area (Å²) in [7, 11) is 0. The van der Waals surface area contributed by atoms with E-state index in [0.717, 1.165) is 49.1 Å². The maximum Gasteiger partial charge on any atom is 0.408 e. The Kier molecular flexibility index (Phi) is 15.1. The van der Waals surface area contributed by atoms with Crippen LogP contribution in [0.25, 0.3) is 22.3 Å². The number of urea groups is 1. The zero-order valence-corrected chi connectivity index (χ0v) is 36.4. The fourth-order valence-electron chi connectivity index (χ4n) is 7.95. The number of terminal acetylenes is 1. The number of hydrogen-bond donors (Lipinski definition) is 7. The second kappa shape index (κ2) is 21.0. The molecule has 0 saturated carbocycles. The second-order valence-corrected chi connectivity index (χ2v) is 15.9. The Morgan fingerprint density at radius 1 is 0.938 bits per heavy atom. The van der Waals surface area contributed by atoms with E-state index in [1.165, 1.54) is 0 Å². The van der Waals surface area contributed by atoms with Crippen LogP contribution in [0.15, 0.2) is 77.6 Å². The molecule has 1 aliphatic carbocycles. The van der Waals surface area contributed by atoms with Crippen molar-refractivity contribution in [2.45, 2.75) is 77.5 Å². The third-order valence-corrected chi connectivity index (χ3v) is 11.0. The lowest BCUT2D eigenvalue weighted by atomic mass is 9.93. The lowest BCUT2D eigenvalue weighted by Gasteiger charge is -2.34. The first-order valence-electron chi connectivity index (χ1n) is 21.3. The smallest absolute Gasteiger partial charge is 0.408 e. The number of imidazole rings is 1. The van der Waals surface area contributed by atoms with Crippen molar-refractivity contribution in [3.63, 3.8) is 0 Å². The van der Waals surface area contributed by atoms with Gasteiger partial charge in [0.15, 0.2) is 11.5 Å². The Hall–Kier alpha value is -7.88. The maximum absolute atomic E-state index is 14.2. The van der Waals surface area contributed by atoms with Gasteiger partial charge in [0.05, 0.1) is 13.2 Å². The van der Waals surface area contributed by atoms with Crippen molar-refractivity contribution in [2.24, 2.45) is 11.7 Å². The number of rotatable bonds is 19. The number of nitrogens with two attached hydrogens (primary N) is 2. The van der Waals surface area contributed by atoms with Crippen LogP contribution in [0.4, 0.5) is 25.9 Å². The van der Waals surface area contributed by atoms with Crippen LogP contribution in [0.1, 0.15) is 69.1 Å². The minimum Gasteiger partial charge on any atom is -0.465 e. The lowest BCUT2D eigenvalue weighted by Crippen LogP contribution is -2.56. The van der Waals surface area contributed by atoms with Gasteiger partial charge in [-0.1, -0.05) is 93.8 Å². The number of nitrogen functional groups attached to an aromatic ring is 1. The Morgan fingerprint density at radius 3 is 2.20 bits per heavy atom. The largest absolute Gasteiger partial charge is 0.465 e. The number of anilines is 2. The summed E-state index contributed by atoms with van der Waals surface area (Å²) in [5, 5.41) is 21.4. The molecule has 2 heterocycles. The van der Waals surface area contributed by atoms with Gasteiger partial charge in [0.25, 0.3) is 0 Å². The summed E-state index contributed by atoms with van der Waals surface area (Å²) in [6.07, 6.45) is 6.17. The van der Waals surface area contributed by atoms with Gasteiger partial charge in [0.1, 0.15) is 17.6 Å². The molecule has 9 N–H and O–H groups in total. The number of hydrogen-bond acceptors (Lipinski definition) is 10. The number of primary amides is 1. The molecule has 3 aromatic carbocycles. The molecule has 19 nitrogen and oxygen atoms in total. The molecule has 0 bridgehead atoms. The number of amides is 6. The molecule has 0 spiro atoms. The number of nitrogens with one attached hydrogen (secondary N) is 4. The molecule has 1 aliphatic rings. The molecule has 6 amide bonds. The van der Waals surface area contributed by atoms with Crippen LogP contribution in [0, 0.1) is 18.3 Å². The van der Waals surface area contributed by atoms with Crippen LogP contribution in [0.2, 0.25) is 0 Å². The van der Waals surface area contributed by atoms with E-state index in [1.54, 1.807) is 38.1 Å². The predicted octanol–water partition coefficient (Wildman–Crippen LogP) is 4.43. The number of carbonyl (C=O) groups is 5. The molecule has 0 aliphatic heterocycles. The quantitative estimate of drug-likeness (QED) is 0.0450. The van der Waals surface area contributed by atoms with E-state index in [-0.39, 0.29) is 67.9 Å². The number of aromatic nitrogens is 4. The summed E-state index contributed by atoms with van der Waals surface area (Å²) >= 11 is 0. The molecule has 65 heavy (non-hydrogen) atoms. The summed E-state index contributed by atoms with van der Waals surface area (Å²) in [4.78, 5) is 88.9. The number of unbranched alkanes of at least 4 members (excludes halogenated alkanes) is 1. The topological polar surface area (TPSA) is 271 Å². The minimum absolute atomic E-state index is 0.00437. The third kappa shape index (κ3) is 10.7. The maximum atomic E-state index is 14.2. The van der Waals surface area contributed by atoms with Crippen molar-refractivity contribution in [1.82, 2.24) is 40.0 Å². The van der Waals surface area contributed by atoms with Crippen molar-refractivity contribution in [3.8, 4) is 29.5 Å². The van der Waals surface area contributed by atoms with E-state index in [1.807, 2.05) is 55.5 Å². The molecule has 5 aromatic rings. The Morgan fingerprint density at radius 2 is 1.60 bits per heavy atom. The van der Waals surface area contributed by atoms with Gasteiger partial charge in [0.2, 0.25) is 11.8 Å². The Balaban J connectivity index is 1.15. The van der Waals surface area contributed by atoms with E-state index < -0.39 is 53.7 Å². The molecule has 340 valence electrons. The Bertz CT molecular complexity index is 2620. The van der Waals surface area contributed by atoms with Gasteiger partial charge in [-0.3, -0.25) is 19.1 Å². The van der Waals surface area contributed by atoms with Gasteiger partial charge >= 0.3 is 29.9 Å². The Labute approximate surface area is 374 Å². The normalized spacial score (nSPS) is 12.7. The van der Waals surface area contributed by atoms with E-state index in [2.05, 4.69) is 37.2 Å². The van der Waals surface area contributed by atoms with Crippen molar-refractivity contribution in [3.05, 3.63) is 100.0 Å². The summed E-state index contributed by atoms with van der Waals surface area (Å²) in [5.74, 6) is 0.167. The highest BCUT2D eigenvalue weighted by Crippen LogP contribution is 2.45. The van der Waals surface area contributed by atoms with Crippen molar-refractivity contribution in [1.29, 1.82) is 0 Å². The monoisotopic (exact) mass is 887 g/mol. The van der Waals surface area contributed by atoms with Crippen molar-refractivity contribution in [2.75, 3.05) is 30.7 Å². The molecule has 0 fully saturated rings. The van der Waals surface area contributed by atoms with E-state index in [0.29, 0.717) is 17.9 Å². The van der Waals surface area contributed by atoms with Gasteiger partial charge < -0.3 is 42.6 Å². The van der Waals surface area contributed by atoms with E-state index in [4.69, 9.17) is 22.6 Å². The lowest BCUT2D eigenvalue weighted by molar-refractivity contribution is -0.131. The van der Waals surface area contributed by atoms with Crippen molar-refractivity contribution < 1.29 is 33.8 Å². The first kappa shape index (κ1) is 46.6. The highest BCUT2D eigenvalue weighted by Gasteiger charge is 2.39. The molecule has 19 heteroatoms. The van der Waals surface area contributed by atoms with Crippen LogP contribution >= 0.6 is 0 Å². The van der Waals surface area contributed by atoms with Gasteiger partial charge in [-0.2, -0.15) is 9.97 Å². The van der Waals surface area contributed by atoms with Gasteiger partial charge in [0, 0.05) is 31.2 Å². The minimum atomic E-state index is -1.29. The summed E-state index contributed by atoms with van der Waals surface area (Å²) in [5.41, 5.74) is 15.6. The van der Waals surface area contributed by atoms with E-state index in [9.17, 15) is 33.9 Å². The zero-order chi connectivity index (χ0) is 46.8.